The first-order valence-corrected chi connectivity index (χ1v) is 7.51. The number of nitrogens with zero attached hydrogens (tertiary/aromatic N) is 2. The smallest absolute Gasteiger partial charge is 0.417 e. The van der Waals surface area contributed by atoms with Gasteiger partial charge in [0.05, 0.1) is 26.7 Å². The van der Waals surface area contributed by atoms with Gasteiger partial charge in [-0.25, -0.2) is 9.69 Å². The second kappa shape index (κ2) is 6.38. The summed E-state index contributed by atoms with van der Waals surface area (Å²) in [5.41, 5.74) is 0.803. The normalized spacial score (nSPS) is 17.6. The van der Waals surface area contributed by atoms with Crippen LogP contribution in [-0.2, 0) is 20.7 Å². The number of carbonyl (C=O) groups is 3. The molecule has 128 valence electrons. The first-order valence-electron chi connectivity index (χ1n) is 7.51. The van der Waals surface area contributed by atoms with E-state index in [1.807, 2.05) is 0 Å². The Morgan fingerprint density at radius 3 is 2.50 bits per heavy atom. The molecule has 2 aliphatic heterocycles. The molecule has 2 saturated heterocycles. The number of imide groups is 1. The molecule has 1 aromatic rings. The summed E-state index contributed by atoms with van der Waals surface area (Å²) in [4.78, 5) is 38.1. The lowest BCUT2D eigenvalue weighted by Crippen LogP contribution is -2.62. The Kier molecular flexibility index (Phi) is 4.28. The molecule has 1 aromatic carbocycles. The zero-order valence-electron chi connectivity index (χ0n) is 13.5. The van der Waals surface area contributed by atoms with E-state index in [-0.39, 0.29) is 30.9 Å². The standard InChI is InChI=1S/C16H18N2O6/c1-22-12-4-3-10(5-13(12)23-2)6-14(19)17-7-11(8-17)18-15(20)9-24-16(18)21/h3-5,11H,6-9H2,1-2H3. The molecule has 0 spiro atoms. The Hall–Kier alpha value is -2.77. The van der Waals surface area contributed by atoms with Crippen LogP contribution in [-0.4, -0.2) is 67.7 Å². The van der Waals surface area contributed by atoms with Crippen LogP contribution in [0, 0.1) is 0 Å². The van der Waals surface area contributed by atoms with E-state index >= 15 is 0 Å². The number of cyclic esters (lactones) is 1. The Morgan fingerprint density at radius 2 is 1.92 bits per heavy atom. The van der Waals surface area contributed by atoms with Gasteiger partial charge in [-0.1, -0.05) is 6.07 Å². The van der Waals surface area contributed by atoms with Crippen molar-refractivity contribution in [2.45, 2.75) is 12.5 Å². The van der Waals surface area contributed by atoms with Crippen LogP contribution >= 0.6 is 0 Å². The predicted octanol–water partition coefficient (Wildman–Crippen LogP) is 0.436. The highest BCUT2D eigenvalue weighted by Crippen LogP contribution is 2.28. The fourth-order valence-electron chi connectivity index (χ4n) is 2.82. The number of benzene rings is 1. The van der Waals surface area contributed by atoms with E-state index in [9.17, 15) is 14.4 Å². The van der Waals surface area contributed by atoms with Crippen LogP contribution in [0.3, 0.4) is 0 Å². The Labute approximate surface area is 138 Å². The lowest BCUT2D eigenvalue weighted by Gasteiger charge is -2.42. The largest absolute Gasteiger partial charge is 0.493 e. The molecule has 0 aliphatic carbocycles. The van der Waals surface area contributed by atoms with Crippen molar-refractivity contribution in [2.75, 3.05) is 33.9 Å². The average molecular weight is 334 g/mol. The number of hydrogen-bond donors (Lipinski definition) is 0. The van der Waals surface area contributed by atoms with Crippen molar-refractivity contribution in [3.05, 3.63) is 23.8 Å². The summed E-state index contributed by atoms with van der Waals surface area (Å²) in [7, 11) is 3.09. The summed E-state index contributed by atoms with van der Waals surface area (Å²) in [6.45, 7) is 0.467. The van der Waals surface area contributed by atoms with Gasteiger partial charge in [0.15, 0.2) is 18.1 Å². The fraction of sp³-hybridized carbons (Fsp3) is 0.438. The molecule has 0 radical (unpaired) electrons. The molecule has 2 heterocycles. The molecular weight excluding hydrogens is 316 g/mol. The highest BCUT2D eigenvalue weighted by Gasteiger charge is 2.44. The highest BCUT2D eigenvalue weighted by atomic mass is 16.6. The average Bonchev–Trinajstić information content (AvgIpc) is 2.85. The number of hydrogen-bond acceptors (Lipinski definition) is 6. The van der Waals surface area contributed by atoms with Crippen LogP contribution in [0.15, 0.2) is 18.2 Å². The monoisotopic (exact) mass is 334 g/mol. The first kappa shape index (κ1) is 16.1. The molecule has 8 nitrogen and oxygen atoms in total. The summed E-state index contributed by atoms with van der Waals surface area (Å²) in [6.07, 6.45) is -0.414. The molecule has 3 rings (SSSR count). The molecule has 24 heavy (non-hydrogen) atoms. The van der Waals surface area contributed by atoms with E-state index in [1.54, 1.807) is 30.2 Å². The van der Waals surface area contributed by atoms with Crippen LogP contribution in [0.1, 0.15) is 5.56 Å². The van der Waals surface area contributed by atoms with Gasteiger partial charge >= 0.3 is 6.09 Å². The van der Waals surface area contributed by atoms with E-state index < -0.39 is 6.09 Å². The molecule has 2 fully saturated rings. The van der Waals surface area contributed by atoms with Gasteiger partial charge in [0, 0.05) is 13.1 Å². The first-order chi connectivity index (χ1) is 11.5. The summed E-state index contributed by atoms with van der Waals surface area (Å²) < 4.78 is 15.1. The molecule has 0 aromatic heterocycles. The summed E-state index contributed by atoms with van der Waals surface area (Å²) in [5, 5.41) is 0. The van der Waals surface area contributed by atoms with E-state index in [0.29, 0.717) is 24.6 Å². The minimum atomic E-state index is -0.628. The Bertz CT molecular complexity index is 667. The van der Waals surface area contributed by atoms with Crippen molar-refractivity contribution in [1.29, 1.82) is 0 Å². The number of ether oxygens (including phenoxy) is 3. The van der Waals surface area contributed by atoms with E-state index in [1.165, 1.54) is 7.11 Å². The molecule has 0 unspecified atom stereocenters. The quantitative estimate of drug-likeness (QED) is 0.776. The fourth-order valence-corrected chi connectivity index (χ4v) is 2.82. The third-order valence-electron chi connectivity index (χ3n) is 4.17. The van der Waals surface area contributed by atoms with Crippen LogP contribution in [0.2, 0.25) is 0 Å². The van der Waals surface area contributed by atoms with E-state index in [4.69, 9.17) is 9.47 Å². The minimum Gasteiger partial charge on any atom is -0.493 e. The van der Waals surface area contributed by atoms with Crippen molar-refractivity contribution < 1.29 is 28.6 Å². The lowest BCUT2D eigenvalue weighted by molar-refractivity contribution is -0.141. The topological polar surface area (TPSA) is 85.4 Å². The maximum absolute atomic E-state index is 12.3. The summed E-state index contributed by atoms with van der Waals surface area (Å²) >= 11 is 0. The summed E-state index contributed by atoms with van der Waals surface area (Å²) in [6, 6.07) is 5.02. The zero-order valence-corrected chi connectivity index (χ0v) is 13.5. The third kappa shape index (κ3) is 2.86. The van der Waals surface area contributed by atoms with Gasteiger partial charge in [-0.05, 0) is 17.7 Å². The van der Waals surface area contributed by atoms with Gasteiger partial charge in [0.2, 0.25) is 5.91 Å². The maximum atomic E-state index is 12.3. The molecule has 0 N–H and O–H groups in total. The van der Waals surface area contributed by atoms with Gasteiger partial charge < -0.3 is 19.1 Å². The van der Waals surface area contributed by atoms with E-state index in [0.717, 1.165) is 10.5 Å². The second-order valence-corrected chi connectivity index (χ2v) is 5.64. The number of carbonyl (C=O) groups excluding carboxylic acids is 3. The SMILES string of the molecule is COc1ccc(CC(=O)N2CC(N3C(=O)COC3=O)C2)cc1OC. The Balaban J connectivity index is 1.57. The van der Waals surface area contributed by atoms with Gasteiger partial charge in [-0.2, -0.15) is 0 Å². The molecule has 0 atom stereocenters. The van der Waals surface area contributed by atoms with Crippen molar-refractivity contribution in [3.63, 3.8) is 0 Å². The molecule has 0 saturated carbocycles. The van der Waals surface area contributed by atoms with Crippen molar-refractivity contribution in [3.8, 4) is 11.5 Å². The van der Waals surface area contributed by atoms with Gasteiger partial charge in [-0.15, -0.1) is 0 Å². The summed E-state index contributed by atoms with van der Waals surface area (Å²) in [5.74, 6) is 0.744. The number of amides is 3. The van der Waals surface area contributed by atoms with Gasteiger partial charge in [-0.3, -0.25) is 9.59 Å². The predicted molar refractivity (Wildman–Crippen MR) is 81.8 cm³/mol. The molecule has 8 heteroatoms. The van der Waals surface area contributed by atoms with Crippen molar-refractivity contribution in [2.24, 2.45) is 0 Å². The van der Waals surface area contributed by atoms with Gasteiger partial charge in [0.1, 0.15) is 0 Å². The maximum Gasteiger partial charge on any atom is 0.417 e. The van der Waals surface area contributed by atoms with Crippen LogP contribution < -0.4 is 9.47 Å². The molecular formula is C16H18N2O6. The second-order valence-electron chi connectivity index (χ2n) is 5.64. The van der Waals surface area contributed by atoms with Gasteiger partial charge in [0.25, 0.3) is 5.91 Å². The Morgan fingerprint density at radius 1 is 1.21 bits per heavy atom. The highest BCUT2D eigenvalue weighted by molar-refractivity contribution is 5.98. The van der Waals surface area contributed by atoms with Crippen LogP contribution in [0.25, 0.3) is 0 Å². The zero-order chi connectivity index (χ0) is 17.3. The third-order valence-corrected chi connectivity index (χ3v) is 4.17. The number of rotatable bonds is 5. The molecule has 0 bridgehead atoms. The van der Waals surface area contributed by atoms with Crippen molar-refractivity contribution >= 4 is 17.9 Å². The lowest BCUT2D eigenvalue weighted by atomic mass is 10.0. The van der Waals surface area contributed by atoms with E-state index in [2.05, 4.69) is 4.74 Å². The number of methoxy groups -OCH3 is 2. The number of likely N-dealkylation sites (tertiary alicyclic amines) is 1. The minimum absolute atomic E-state index is 0.0708. The van der Waals surface area contributed by atoms with Crippen LogP contribution in [0.5, 0.6) is 11.5 Å². The molecule has 3 amide bonds. The molecule has 2 aliphatic rings. The van der Waals surface area contributed by atoms with Crippen molar-refractivity contribution in [1.82, 2.24) is 9.80 Å². The van der Waals surface area contributed by atoms with Crippen LogP contribution in [0.4, 0.5) is 4.79 Å².